The van der Waals surface area contributed by atoms with Crippen molar-refractivity contribution in [3.05, 3.63) is 64.9 Å². The van der Waals surface area contributed by atoms with Gasteiger partial charge in [-0.1, -0.05) is 29.8 Å². The van der Waals surface area contributed by atoms with E-state index in [1.165, 1.54) is 0 Å². The molecule has 1 N–H and O–H groups in total. The average molecular weight is 598 g/mol. The largest absolute Gasteiger partial charge is 0.462 e. The van der Waals surface area contributed by atoms with Gasteiger partial charge >= 0.3 is 12.1 Å². The van der Waals surface area contributed by atoms with Crippen molar-refractivity contribution < 1.29 is 22.7 Å². The zero-order valence-electron chi connectivity index (χ0n) is 22.1. The molecular formula is C28H32Cl2F3N5O2. The molecule has 0 radical (unpaired) electrons. The van der Waals surface area contributed by atoms with Gasteiger partial charge in [-0.3, -0.25) is 4.68 Å². The van der Waals surface area contributed by atoms with Gasteiger partial charge in [0.1, 0.15) is 5.56 Å². The summed E-state index contributed by atoms with van der Waals surface area (Å²) < 4.78 is 48.2. The van der Waals surface area contributed by atoms with Crippen LogP contribution in [-0.2, 0) is 10.9 Å². The first-order valence-electron chi connectivity index (χ1n) is 13.2. The van der Waals surface area contributed by atoms with Crippen molar-refractivity contribution in [3.63, 3.8) is 0 Å². The van der Waals surface area contributed by atoms with Crippen molar-refractivity contribution in [2.75, 3.05) is 55.7 Å². The van der Waals surface area contributed by atoms with Gasteiger partial charge in [-0.15, -0.1) is 12.4 Å². The van der Waals surface area contributed by atoms with Crippen LogP contribution in [0.3, 0.4) is 0 Å². The highest BCUT2D eigenvalue weighted by molar-refractivity contribution is 6.31. The van der Waals surface area contributed by atoms with Crippen molar-refractivity contribution in [2.45, 2.75) is 32.0 Å². The Bertz CT molecular complexity index is 1310. The lowest BCUT2D eigenvalue weighted by Crippen LogP contribution is -2.43. The normalized spacial score (nSPS) is 17.9. The molecule has 1 aromatic heterocycles. The second-order valence-electron chi connectivity index (χ2n) is 9.76. The standard InChI is InChI=1S/C28H31ClF3N5O2.ClH/c1-2-39-27(38)24-17-34-37(26(24)28(30,31)32)22-4-3-13-36(18-22)25-16-20(29)7-10-23(25)19-5-8-21(9-6-19)35-14-11-33-12-15-35;/h5-10,16-17,22,33H,2-4,11-15,18H2,1H3;1H. The lowest BCUT2D eigenvalue weighted by Gasteiger charge is -2.36. The van der Waals surface area contributed by atoms with E-state index in [-0.39, 0.29) is 19.0 Å². The van der Waals surface area contributed by atoms with Gasteiger partial charge in [0.05, 0.1) is 18.8 Å². The number of anilines is 2. The summed E-state index contributed by atoms with van der Waals surface area (Å²) in [7, 11) is 0. The fourth-order valence-corrected chi connectivity index (χ4v) is 5.60. The molecule has 2 saturated heterocycles. The smallest absolute Gasteiger partial charge is 0.433 e. The molecule has 0 saturated carbocycles. The number of carbonyl (C=O) groups excluding carboxylic acids is 1. The van der Waals surface area contributed by atoms with Gasteiger partial charge in [0.25, 0.3) is 0 Å². The van der Waals surface area contributed by atoms with E-state index in [2.05, 4.69) is 44.5 Å². The van der Waals surface area contributed by atoms with Crippen LogP contribution in [0.2, 0.25) is 5.02 Å². The first-order valence-corrected chi connectivity index (χ1v) is 13.6. The lowest BCUT2D eigenvalue weighted by atomic mass is 9.99. The summed E-state index contributed by atoms with van der Waals surface area (Å²) in [4.78, 5) is 16.7. The average Bonchev–Trinajstić information content (AvgIpc) is 3.41. The molecule has 1 unspecified atom stereocenters. The Kier molecular flexibility index (Phi) is 9.53. The Morgan fingerprint density at radius 3 is 2.50 bits per heavy atom. The molecule has 5 rings (SSSR count). The van der Waals surface area contributed by atoms with E-state index in [1.54, 1.807) is 6.92 Å². The minimum absolute atomic E-state index is 0. The van der Waals surface area contributed by atoms with E-state index in [4.69, 9.17) is 16.3 Å². The van der Waals surface area contributed by atoms with Crippen LogP contribution in [0.15, 0.2) is 48.7 Å². The van der Waals surface area contributed by atoms with Crippen LogP contribution >= 0.6 is 24.0 Å². The second-order valence-corrected chi connectivity index (χ2v) is 10.2. The van der Waals surface area contributed by atoms with Crippen LogP contribution in [0.1, 0.15) is 41.9 Å². The van der Waals surface area contributed by atoms with Crippen molar-refractivity contribution in [1.82, 2.24) is 15.1 Å². The monoisotopic (exact) mass is 597 g/mol. The summed E-state index contributed by atoms with van der Waals surface area (Å²) >= 11 is 6.40. The lowest BCUT2D eigenvalue weighted by molar-refractivity contribution is -0.145. The Morgan fingerprint density at radius 2 is 1.82 bits per heavy atom. The van der Waals surface area contributed by atoms with Crippen molar-refractivity contribution >= 4 is 41.4 Å². The molecule has 0 aliphatic carbocycles. The summed E-state index contributed by atoms with van der Waals surface area (Å²) in [5.74, 6) is -1.02. The number of carbonyl (C=O) groups is 1. The summed E-state index contributed by atoms with van der Waals surface area (Å²) in [5.41, 5.74) is 2.34. The number of nitrogens with zero attached hydrogens (tertiary/aromatic N) is 4. The van der Waals surface area contributed by atoms with E-state index >= 15 is 0 Å². The fraction of sp³-hybridized carbons (Fsp3) is 0.429. The summed E-state index contributed by atoms with van der Waals surface area (Å²) in [5, 5.41) is 7.93. The minimum Gasteiger partial charge on any atom is -0.462 e. The fourth-order valence-electron chi connectivity index (χ4n) is 5.44. The maximum absolute atomic E-state index is 14.1. The van der Waals surface area contributed by atoms with Crippen LogP contribution in [-0.4, -0.2) is 61.6 Å². The zero-order valence-corrected chi connectivity index (χ0v) is 23.7. The zero-order chi connectivity index (χ0) is 27.6. The van der Waals surface area contributed by atoms with E-state index in [0.717, 1.165) is 59.6 Å². The number of ether oxygens (including phenoxy) is 1. The van der Waals surface area contributed by atoms with Gasteiger partial charge in [0.15, 0.2) is 5.69 Å². The first kappa shape index (κ1) is 30.0. The van der Waals surface area contributed by atoms with Gasteiger partial charge in [-0.2, -0.15) is 18.3 Å². The topological polar surface area (TPSA) is 62.6 Å². The molecule has 2 aliphatic rings. The number of aromatic nitrogens is 2. The molecule has 1 atom stereocenters. The number of rotatable bonds is 6. The first-order chi connectivity index (χ1) is 18.8. The van der Waals surface area contributed by atoms with Crippen LogP contribution in [0, 0.1) is 0 Å². The molecule has 216 valence electrons. The third-order valence-corrected chi connectivity index (χ3v) is 7.50. The number of halogens is 5. The van der Waals surface area contributed by atoms with Crippen LogP contribution in [0.5, 0.6) is 0 Å². The van der Waals surface area contributed by atoms with E-state index in [9.17, 15) is 18.0 Å². The molecule has 7 nitrogen and oxygen atoms in total. The van der Waals surface area contributed by atoms with Crippen LogP contribution in [0.4, 0.5) is 24.5 Å². The summed E-state index contributed by atoms with van der Waals surface area (Å²) in [6, 6.07) is 13.4. The van der Waals surface area contributed by atoms with Gasteiger partial charge < -0.3 is 19.9 Å². The number of nitrogens with one attached hydrogen (secondary N) is 1. The van der Waals surface area contributed by atoms with E-state index in [0.29, 0.717) is 31.0 Å². The molecule has 40 heavy (non-hydrogen) atoms. The highest BCUT2D eigenvalue weighted by Crippen LogP contribution is 2.39. The van der Waals surface area contributed by atoms with Gasteiger partial charge in [0, 0.05) is 61.2 Å². The molecular weight excluding hydrogens is 566 g/mol. The Labute approximate surface area is 242 Å². The molecule has 3 heterocycles. The number of hydrogen-bond donors (Lipinski definition) is 1. The number of piperidine rings is 1. The molecule has 0 amide bonds. The third kappa shape index (κ3) is 6.34. The third-order valence-electron chi connectivity index (χ3n) is 7.26. The van der Waals surface area contributed by atoms with Gasteiger partial charge in [0.2, 0.25) is 0 Å². The quantitative estimate of drug-likeness (QED) is 0.348. The van der Waals surface area contributed by atoms with Crippen LogP contribution in [0.25, 0.3) is 11.1 Å². The van der Waals surface area contributed by atoms with Crippen molar-refractivity contribution in [3.8, 4) is 11.1 Å². The number of esters is 1. The molecule has 3 aromatic rings. The Balaban J connectivity index is 0.00000370. The number of alkyl halides is 3. The molecule has 2 fully saturated rings. The SMILES string of the molecule is CCOC(=O)c1cnn(C2CCCN(c3cc(Cl)ccc3-c3ccc(N4CCNCC4)cc3)C2)c1C(F)(F)F.Cl. The predicted molar refractivity (Wildman–Crippen MR) is 153 cm³/mol. The van der Waals surface area contributed by atoms with E-state index < -0.39 is 29.4 Å². The molecule has 2 aliphatic heterocycles. The predicted octanol–water partition coefficient (Wildman–Crippen LogP) is 6.07. The van der Waals surface area contributed by atoms with Crippen molar-refractivity contribution in [2.24, 2.45) is 0 Å². The second kappa shape index (κ2) is 12.7. The number of benzene rings is 2. The summed E-state index contributed by atoms with van der Waals surface area (Å²) in [6.45, 7) is 6.29. The van der Waals surface area contributed by atoms with Gasteiger partial charge in [-0.25, -0.2) is 4.79 Å². The molecule has 12 heteroatoms. The number of piperazine rings is 1. The van der Waals surface area contributed by atoms with Crippen molar-refractivity contribution in [1.29, 1.82) is 0 Å². The van der Waals surface area contributed by atoms with Crippen LogP contribution < -0.4 is 15.1 Å². The highest BCUT2D eigenvalue weighted by Gasteiger charge is 2.42. The maximum Gasteiger partial charge on any atom is 0.433 e. The van der Waals surface area contributed by atoms with Gasteiger partial charge in [-0.05, 0) is 49.6 Å². The minimum atomic E-state index is -4.76. The molecule has 0 spiro atoms. The molecule has 2 aromatic carbocycles. The maximum atomic E-state index is 14.1. The number of hydrogen-bond acceptors (Lipinski definition) is 6. The Morgan fingerprint density at radius 1 is 1.10 bits per heavy atom. The highest BCUT2D eigenvalue weighted by atomic mass is 35.5. The Hall–Kier alpha value is -2.95. The summed E-state index contributed by atoms with van der Waals surface area (Å²) in [6.07, 6.45) is -2.64. The molecule has 0 bridgehead atoms. The van der Waals surface area contributed by atoms with E-state index in [1.807, 2.05) is 18.2 Å².